The fourth-order valence-corrected chi connectivity index (χ4v) is 1.87. The minimum absolute atomic E-state index is 0.00926. The van der Waals surface area contributed by atoms with E-state index in [-0.39, 0.29) is 5.62 Å². The van der Waals surface area contributed by atoms with Crippen molar-refractivity contribution >= 4 is 11.6 Å². The zero-order valence-electron chi connectivity index (χ0n) is 8.16. The van der Waals surface area contributed by atoms with Gasteiger partial charge in [-0.25, -0.2) is 0 Å². The van der Waals surface area contributed by atoms with Crippen molar-refractivity contribution in [2.24, 2.45) is 0 Å². The molecule has 70 valence electrons. The molecule has 0 fully saturated rings. The van der Waals surface area contributed by atoms with Crippen LogP contribution in [-0.4, -0.2) is 27.5 Å². The Labute approximate surface area is 79.8 Å². The lowest BCUT2D eigenvalue weighted by molar-refractivity contribution is 0.169. The van der Waals surface area contributed by atoms with Crippen LogP contribution >= 0.6 is 11.6 Å². The van der Waals surface area contributed by atoms with Gasteiger partial charge in [0.25, 0.3) is 0 Å². The lowest BCUT2D eigenvalue weighted by Gasteiger charge is -2.32. The maximum atomic E-state index is 6.22. The van der Waals surface area contributed by atoms with E-state index in [1.807, 2.05) is 0 Å². The average molecular weight is 189 g/mol. The van der Waals surface area contributed by atoms with Gasteiger partial charge < -0.3 is 9.80 Å². The molecule has 0 amide bonds. The van der Waals surface area contributed by atoms with Gasteiger partial charge in [0.15, 0.2) is 5.62 Å². The van der Waals surface area contributed by atoms with Crippen molar-refractivity contribution in [2.45, 2.75) is 45.4 Å². The van der Waals surface area contributed by atoms with Gasteiger partial charge in [-0.1, -0.05) is 11.6 Å². The normalized spacial score (nSPS) is 18.9. The molecule has 0 atom stereocenters. The number of halogens is 1. The van der Waals surface area contributed by atoms with Crippen molar-refractivity contribution in [1.29, 1.82) is 0 Å². The van der Waals surface area contributed by atoms with Crippen molar-refractivity contribution in [3.05, 3.63) is 12.4 Å². The van der Waals surface area contributed by atoms with Gasteiger partial charge in [-0.3, -0.25) is 0 Å². The first-order chi connectivity index (χ1) is 5.54. The molecule has 0 aromatic heterocycles. The van der Waals surface area contributed by atoms with Crippen LogP contribution in [0.2, 0.25) is 0 Å². The Kier molecular flexibility index (Phi) is 2.89. The summed E-state index contributed by atoms with van der Waals surface area (Å²) in [5, 5.41) is 0. The zero-order chi connectivity index (χ0) is 9.30. The first-order valence-corrected chi connectivity index (χ1v) is 4.85. The van der Waals surface area contributed by atoms with E-state index in [4.69, 9.17) is 11.6 Å². The Bertz CT molecular complexity index is 159. The SMILES string of the molecule is CC(C)N1C=CN(C(C)C)C1Cl. The van der Waals surface area contributed by atoms with Crippen LogP contribution in [0.3, 0.4) is 0 Å². The second-order valence-corrected chi connectivity index (χ2v) is 4.08. The summed E-state index contributed by atoms with van der Waals surface area (Å²) < 4.78 is 0. The molecule has 0 saturated heterocycles. The summed E-state index contributed by atoms with van der Waals surface area (Å²) in [4.78, 5) is 4.28. The van der Waals surface area contributed by atoms with E-state index < -0.39 is 0 Å². The molecular formula is C9H17ClN2. The summed E-state index contributed by atoms with van der Waals surface area (Å²) in [6, 6.07) is 0.931. The zero-order valence-corrected chi connectivity index (χ0v) is 8.92. The molecule has 0 aromatic carbocycles. The highest BCUT2D eigenvalue weighted by Crippen LogP contribution is 2.23. The van der Waals surface area contributed by atoms with E-state index in [0.717, 1.165) is 0 Å². The third-order valence-electron chi connectivity index (χ3n) is 2.10. The lowest BCUT2D eigenvalue weighted by atomic mass is 10.3. The fourth-order valence-electron chi connectivity index (χ4n) is 1.29. The van der Waals surface area contributed by atoms with Crippen molar-refractivity contribution in [3.63, 3.8) is 0 Å². The molecule has 3 heteroatoms. The molecule has 0 aromatic rings. The van der Waals surface area contributed by atoms with Crippen LogP contribution < -0.4 is 0 Å². The first-order valence-electron chi connectivity index (χ1n) is 4.41. The van der Waals surface area contributed by atoms with Gasteiger partial charge >= 0.3 is 0 Å². The van der Waals surface area contributed by atoms with Crippen molar-refractivity contribution < 1.29 is 0 Å². The van der Waals surface area contributed by atoms with Gasteiger partial charge in [-0.05, 0) is 27.7 Å². The largest absolute Gasteiger partial charge is 0.341 e. The van der Waals surface area contributed by atoms with Gasteiger partial charge in [0.1, 0.15) is 0 Å². The Morgan fingerprint density at radius 3 is 1.50 bits per heavy atom. The van der Waals surface area contributed by atoms with E-state index in [1.54, 1.807) is 0 Å². The van der Waals surface area contributed by atoms with Gasteiger partial charge in [-0.2, -0.15) is 0 Å². The Morgan fingerprint density at radius 1 is 1.00 bits per heavy atom. The Hall–Kier alpha value is -0.370. The summed E-state index contributed by atoms with van der Waals surface area (Å²) in [6.45, 7) is 8.57. The second-order valence-electron chi connectivity index (χ2n) is 3.69. The van der Waals surface area contributed by atoms with Gasteiger partial charge in [0.2, 0.25) is 0 Å². The fraction of sp³-hybridized carbons (Fsp3) is 0.778. The quantitative estimate of drug-likeness (QED) is 0.485. The van der Waals surface area contributed by atoms with Crippen LogP contribution in [0.25, 0.3) is 0 Å². The van der Waals surface area contributed by atoms with E-state index in [2.05, 4.69) is 49.9 Å². The highest BCUT2D eigenvalue weighted by molar-refractivity contribution is 6.20. The molecule has 0 unspecified atom stereocenters. The van der Waals surface area contributed by atoms with Crippen LogP contribution in [0.4, 0.5) is 0 Å². The highest BCUT2D eigenvalue weighted by Gasteiger charge is 2.26. The van der Waals surface area contributed by atoms with Crippen LogP contribution in [0.1, 0.15) is 27.7 Å². The van der Waals surface area contributed by atoms with E-state index in [0.29, 0.717) is 12.1 Å². The third kappa shape index (κ3) is 1.69. The molecular weight excluding hydrogens is 172 g/mol. The van der Waals surface area contributed by atoms with Gasteiger partial charge in [-0.15, -0.1) is 0 Å². The van der Waals surface area contributed by atoms with Crippen LogP contribution in [0, 0.1) is 0 Å². The number of alkyl halides is 1. The van der Waals surface area contributed by atoms with Crippen molar-refractivity contribution in [3.8, 4) is 0 Å². The number of nitrogens with zero attached hydrogens (tertiary/aromatic N) is 2. The minimum atomic E-state index is -0.00926. The Balaban J connectivity index is 2.62. The number of rotatable bonds is 2. The molecule has 0 bridgehead atoms. The topological polar surface area (TPSA) is 6.48 Å². The van der Waals surface area contributed by atoms with Gasteiger partial charge in [0.05, 0.1) is 0 Å². The molecule has 0 aliphatic carbocycles. The van der Waals surface area contributed by atoms with Crippen LogP contribution in [-0.2, 0) is 0 Å². The highest BCUT2D eigenvalue weighted by atomic mass is 35.5. The minimum Gasteiger partial charge on any atom is -0.341 e. The predicted octanol–water partition coefficient (Wildman–Crippen LogP) is 2.41. The molecule has 0 saturated carbocycles. The standard InChI is InChI=1S/C9H17ClN2/c1-7(2)11-5-6-12(8(3)4)9(11)10/h5-9H,1-4H3. The summed E-state index contributed by atoms with van der Waals surface area (Å²) >= 11 is 6.22. The molecule has 1 rings (SSSR count). The maximum Gasteiger partial charge on any atom is 0.179 e. The summed E-state index contributed by atoms with van der Waals surface area (Å²) in [6.07, 6.45) is 4.12. The molecule has 0 spiro atoms. The summed E-state index contributed by atoms with van der Waals surface area (Å²) in [5.41, 5.74) is -0.00926. The van der Waals surface area contributed by atoms with E-state index in [1.165, 1.54) is 0 Å². The van der Waals surface area contributed by atoms with E-state index in [9.17, 15) is 0 Å². The second kappa shape index (κ2) is 3.56. The molecule has 12 heavy (non-hydrogen) atoms. The molecule has 1 aliphatic heterocycles. The van der Waals surface area contributed by atoms with Crippen LogP contribution in [0.5, 0.6) is 0 Å². The van der Waals surface area contributed by atoms with Crippen molar-refractivity contribution in [2.75, 3.05) is 0 Å². The monoisotopic (exact) mass is 188 g/mol. The Morgan fingerprint density at radius 2 is 1.33 bits per heavy atom. The van der Waals surface area contributed by atoms with E-state index >= 15 is 0 Å². The lowest BCUT2D eigenvalue weighted by Crippen LogP contribution is -2.40. The molecule has 0 N–H and O–H groups in total. The van der Waals surface area contributed by atoms with Crippen molar-refractivity contribution in [1.82, 2.24) is 9.80 Å². The van der Waals surface area contributed by atoms with Crippen LogP contribution in [0.15, 0.2) is 12.4 Å². The first kappa shape index (κ1) is 9.72. The molecule has 1 aliphatic rings. The maximum absolute atomic E-state index is 6.22. The number of hydrogen-bond acceptors (Lipinski definition) is 2. The average Bonchev–Trinajstić information content (AvgIpc) is 2.30. The number of hydrogen-bond donors (Lipinski definition) is 0. The summed E-state index contributed by atoms with van der Waals surface area (Å²) in [7, 11) is 0. The molecule has 1 heterocycles. The molecule has 0 radical (unpaired) electrons. The predicted molar refractivity (Wildman–Crippen MR) is 52.7 cm³/mol. The third-order valence-corrected chi connectivity index (χ3v) is 2.55. The molecule has 2 nitrogen and oxygen atoms in total. The van der Waals surface area contributed by atoms with Gasteiger partial charge in [0, 0.05) is 24.5 Å². The smallest absolute Gasteiger partial charge is 0.179 e. The summed E-state index contributed by atoms with van der Waals surface area (Å²) in [5.74, 6) is 0.